The molecule has 0 saturated heterocycles. The third kappa shape index (κ3) is 5.73. The number of benzene rings is 12. The first-order valence-electron chi connectivity index (χ1n) is 25.0. The number of aromatic nitrogens is 5. The normalized spacial score (nSPS) is 12.1. The lowest BCUT2D eigenvalue weighted by Gasteiger charge is -2.17. The molecule has 4 heterocycles. The van der Waals surface area contributed by atoms with Crippen molar-refractivity contribution in [1.82, 2.24) is 23.7 Å². The summed E-state index contributed by atoms with van der Waals surface area (Å²) in [6.45, 7) is 0. The van der Waals surface area contributed by atoms with Crippen LogP contribution in [0.25, 0.3) is 148 Å². The van der Waals surface area contributed by atoms with Crippen molar-refractivity contribution in [2.75, 3.05) is 0 Å². The molecule has 73 heavy (non-hydrogen) atoms. The highest BCUT2D eigenvalue weighted by molar-refractivity contribution is 6.23. The zero-order chi connectivity index (χ0) is 47.7. The van der Waals surface area contributed by atoms with Crippen LogP contribution in [0.5, 0.6) is 0 Å². The summed E-state index contributed by atoms with van der Waals surface area (Å²) in [5.74, 6) is 0.699. The Balaban J connectivity index is 0.930. The Morgan fingerprint density at radius 2 is 0.836 bits per heavy atom. The lowest BCUT2D eigenvalue weighted by Crippen LogP contribution is -1.99. The van der Waals surface area contributed by atoms with Crippen LogP contribution in [-0.2, 0) is 0 Å². The van der Waals surface area contributed by atoms with Gasteiger partial charge in [-0.15, -0.1) is 0 Å². The maximum Gasteiger partial charge on any atom is 0.161 e. The molecule has 4 aromatic heterocycles. The second-order valence-corrected chi connectivity index (χ2v) is 19.2. The fraction of sp³-hybridized carbons (Fsp3) is 0. The van der Waals surface area contributed by atoms with E-state index in [1.807, 2.05) is 0 Å². The van der Waals surface area contributed by atoms with Crippen LogP contribution >= 0.6 is 0 Å². The van der Waals surface area contributed by atoms with Crippen molar-refractivity contribution in [3.05, 3.63) is 249 Å². The summed E-state index contributed by atoms with van der Waals surface area (Å²) in [7, 11) is 0. The van der Waals surface area contributed by atoms with Crippen LogP contribution < -0.4 is 0 Å². The van der Waals surface area contributed by atoms with Crippen LogP contribution in [0.1, 0.15) is 0 Å². The van der Waals surface area contributed by atoms with Crippen molar-refractivity contribution < 1.29 is 0 Å². The minimum absolute atomic E-state index is 0.699. The molecule has 0 atom stereocenters. The number of nitrogens with zero attached hydrogens (tertiary/aromatic N) is 5. The van der Waals surface area contributed by atoms with Crippen molar-refractivity contribution in [2.24, 2.45) is 0 Å². The number of hydrogen-bond acceptors (Lipinski definition) is 2. The largest absolute Gasteiger partial charge is 0.309 e. The van der Waals surface area contributed by atoms with E-state index in [9.17, 15) is 0 Å². The Labute approximate surface area is 418 Å². The van der Waals surface area contributed by atoms with Crippen LogP contribution in [0.2, 0.25) is 0 Å². The van der Waals surface area contributed by atoms with E-state index in [4.69, 9.17) is 9.97 Å². The van der Waals surface area contributed by atoms with Gasteiger partial charge in [-0.1, -0.05) is 176 Å². The molecule has 0 aliphatic heterocycles. The first-order valence-corrected chi connectivity index (χ1v) is 25.0. The summed E-state index contributed by atoms with van der Waals surface area (Å²) in [6, 6.07) is 90.3. The SMILES string of the molecule is c1ccc(-n2c3ccccc3c3c(-c4nc(-c5ccc(-n6c7ccccc7c7cc8cccc(-n9c%10ccccc%10c%10c%11ccccc%11ccc%109)c8cc76)c6ccccc56)c5ccccc5n4)cccc32)cc1. The van der Waals surface area contributed by atoms with Crippen molar-refractivity contribution in [3.63, 3.8) is 0 Å². The summed E-state index contributed by atoms with van der Waals surface area (Å²) in [5, 5.41) is 15.5. The van der Waals surface area contributed by atoms with Crippen LogP contribution in [0.15, 0.2) is 249 Å². The molecule has 0 spiro atoms. The van der Waals surface area contributed by atoms with E-state index >= 15 is 0 Å². The fourth-order valence-corrected chi connectivity index (χ4v) is 12.3. The topological polar surface area (TPSA) is 40.6 Å². The van der Waals surface area contributed by atoms with Crippen molar-refractivity contribution in [3.8, 4) is 39.7 Å². The van der Waals surface area contributed by atoms with E-state index in [1.54, 1.807) is 0 Å². The number of fused-ring (bicyclic) bond motifs is 14. The average Bonchev–Trinajstić information content (AvgIpc) is 4.10. The molecular formula is C68H41N5. The molecule has 0 aliphatic rings. The molecule has 5 heteroatoms. The van der Waals surface area contributed by atoms with Gasteiger partial charge in [-0.2, -0.15) is 0 Å². The fourth-order valence-electron chi connectivity index (χ4n) is 12.3. The molecular weight excluding hydrogens is 887 g/mol. The van der Waals surface area contributed by atoms with Gasteiger partial charge in [0.1, 0.15) is 0 Å². The maximum absolute atomic E-state index is 5.62. The van der Waals surface area contributed by atoms with Gasteiger partial charge in [0.25, 0.3) is 0 Å². The van der Waals surface area contributed by atoms with Crippen molar-refractivity contribution in [2.45, 2.75) is 0 Å². The van der Waals surface area contributed by atoms with Gasteiger partial charge in [-0.25, -0.2) is 9.97 Å². The van der Waals surface area contributed by atoms with E-state index in [0.29, 0.717) is 5.82 Å². The van der Waals surface area contributed by atoms with E-state index in [1.165, 1.54) is 59.5 Å². The predicted octanol–water partition coefficient (Wildman–Crippen LogP) is 17.7. The molecule has 0 N–H and O–H groups in total. The number of rotatable bonds is 5. The van der Waals surface area contributed by atoms with Gasteiger partial charge in [0.2, 0.25) is 0 Å². The van der Waals surface area contributed by atoms with Gasteiger partial charge in [-0.05, 0) is 94.3 Å². The molecule has 5 nitrogen and oxygen atoms in total. The Morgan fingerprint density at radius 1 is 0.260 bits per heavy atom. The van der Waals surface area contributed by atoms with Crippen LogP contribution in [0.3, 0.4) is 0 Å². The first-order chi connectivity index (χ1) is 36.2. The van der Waals surface area contributed by atoms with Gasteiger partial charge in [0.05, 0.1) is 55.7 Å². The van der Waals surface area contributed by atoms with Crippen LogP contribution in [0, 0.1) is 0 Å². The highest BCUT2D eigenvalue weighted by Crippen LogP contribution is 2.44. The highest BCUT2D eigenvalue weighted by atomic mass is 15.0. The lowest BCUT2D eigenvalue weighted by molar-refractivity contribution is 1.18. The minimum atomic E-state index is 0.699. The monoisotopic (exact) mass is 927 g/mol. The molecule has 16 aromatic rings. The molecule has 12 aromatic carbocycles. The molecule has 0 bridgehead atoms. The molecule has 0 unspecified atom stereocenters. The van der Waals surface area contributed by atoms with E-state index in [2.05, 4.69) is 262 Å². The third-order valence-electron chi connectivity index (χ3n) is 15.4. The molecule has 338 valence electrons. The molecule has 0 radical (unpaired) electrons. The zero-order valence-electron chi connectivity index (χ0n) is 39.4. The summed E-state index contributed by atoms with van der Waals surface area (Å²) in [5.41, 5.74) is 14.2. The van der Waals surface area contributed by atoms with Gasteiger partial charge in [-0.3, -0.25) is 0 Å². The predicted molar refractivity (Wildman–Crippen MR) is 306 cm³/mol. The molecule has 0 saturated carbocycles. The lowest BCUT2D eigenvalue weighted by atomic mass is 9.97. The van der Waals surface area contributed by atoms with Crippen LogP contribution in [0.4, 0.5) is 0 Å². The van der Waals surface area contributed by atoms with Gasteiger partial charge >= 0.3 is 0 Å². The van der Waals surface area contributed by atoms with E-state index < -0.39 is 0 Å². The van der Waals surface area contributed by atoms with Gasteiger partial charge in [0, 0.05) is 65.3 Å². The molecule has 0 fully saturated rings. The number of hydrogen-bond donors (Lipinski definition) is 0. The smallest absolute Gasteiger partial charge is 0.161 e. The van der Waals surface area contributed by atoms with Crippen molar-refractivity contribution >= 4 is 109 Å². The standard InChI is InChI=1S/C68H41N5/c1-2-20-44(21-3-1)71-58-32-14-10-27-51(58)66-53(29-17-35-62(66)71)68-69-56-30-12-8-26-50(56)67(70-68)49-37-39-61(47-24-7-6-23-46(47)49)73-57-31-13-9-25-48(57)55-40-43-19-16-34-60(54(43)41-64(55)73)72-59-33-15-11-28-52(59)65-45-22-5-4-18-42(45)36-38-63(65)72/h1-41H. The van der Waals surface area contributed by atoms with Gasteiger partial charge in [0.15, 0.2) is 5.82 Å². The summed E-state index contributed by atoms with van der Waals surface area (Å²) in [6.07, 6.45) is 0. The Morgan fingerprint density at radius 3 is 1.66 bits per heavy atom. The molecule has 0 amide bonds. The van der Waals surface area contributed by atoms with Gasteiger partial charge < -0.3 is 13.7 Å². The average molecular weight is 928 g/mol. The summed E-state index contributed by atoms with van der Waals surface area (Å²) < 4.78 is 7.32. The Hall–Kier alpha value is -9.84. The minimum Gasteiger partial charge on any atom is -0.309 e. The third-order valence-corrected chi connectivity index (χ3v) is 15.4. The molecule has 0 aliphatic carbocycles. The van der Waals surface area contributed by atoms with Crippen LogP contribution in [-0.4, -0.2) is 23.7 Å². The number of para-hydroxylation sites is 5. The first kappa shape index (κ1) is 39.9. The quantitative estimate of drug-likeness (QED) is 0.173. The van der Waals surface area contributed by atoms with Crippen molar-refractivity contribution in [1.29, 1.82) is 0 Å². The maximum atomic E-state index is 5.62. The Kier molecular flexibility index (Phi) is 8.39. The Bertz CT molecular complexity index is 4980. The van der Waals surface area contributed by atoms with E-state index in [-0.39, 0.29) is 0 Å². The summed E-state index contributed by atoms with van der Waals surface area (Å²) in [4.78, 5) is 11.0. The highest BCUT2D eigenvalue weighted by Gasteiger charge is 2.23. The second-order valence-electron chi connectivity index (χ2n) is 19.2. The second kappa shape index (κ2) is 15.3. The van der Waals surface area contributed by atoms with E-state index in [0.717, 1.165) is 83.0 Å². The summed E-state index contributed by atoms with van der Waals surface area (Å²) >= 11 is 0. The zero-order valence-corrected chi connectivity index (χ0v) is 39.4. The molecule has 16 rings (SSSR count).